The molecule has 0 fully saturated rings. The van der Waals surface area contributed by atoms with Gasteiger partial charge < -0.3 is 10.6 Å². The van der Waals surface area contributed by atoms with Crippen molar-refractivity contribution >= 4 is 22.9 Å². The summed E-state index contributed by atoms with van der Waals surface area (Å²) < 4.78 is 0. The number of amides is 1. The van der Waals surface area contributed by atoms with Crippen molar-refractivity contribution in [2.45, 2.75) is 39.3 Å². The Morgan fingerprint density at radius 3 is 2.63 bits per heavy atom. The van der Waals surface area contributed by atoms with E-state index in [1.54, 1.807) is 23.6 Å². The first-order chi connectivity index (χ1) is 13.0. The van der Waals surface area contributed by atoms with E-state index in [1.807, 2.05) is 36.4 Å². The van der Waals surface area contributed by atoms with E-state index < -0.39 is 0 Å². The van der Waals surface area contributed by atoms with E-state index in [4.69, 9.17) is 0 Å². The van der Waals surface area contributed by atoms with E-state index in [-0.39, 0.29) is 11.9 Å². The third-order valence-electron chi connectivity index (χ3n) is 4.15. The first-order valence-electron chi connectivity index (χ1n) is 9.03. The maximum absolute atomic E-state index is 12.4. The Balaban J connectivity index is 1.63. The Kier molecular flexibility index (Phi) is 6.19. The average molecular weight is 381 g/mol. The van der Waals surface area contributed by atoms with Gasteiger partial charge >= 0.3 is 0 Å². The summed E-state index contributed by atoms with van der Waals surface area (Å²) in [6, 6.07) is 13.5. The molecule has 0 spiro atoms. The Bertz CT molecular complexity index is 892. The maximum atomic E-state index is 12.4. The lowest BCUT2D eigenvalue weighted by atomic mass is 10.2. The van der Waals surface area contributed by atoms with Crippen molar-refractivity contribution in [2.75, 3.05) is 5.32 Å². The molecule has 0 aliphatic rings. The van der Waals surface area contributed by atoms with Gasteiger partial charge in [-0.3, -0.25) is 9.78 Å². The summed E-state index contributed by atoms with van der Waals surface area (Å²) >= 11 is 1.68. The number of nitrogens with zero attached hydrogens (tertiary/aromatic N) is 2. The van der Waals surface area contributed by atoms with Crippen molar-refractivity contribution in [3.05, 3.63) is 76.0 Å². The smallest absolute Gasteiger partial charge is 0.270 e. The van der Waals surface area contributed by atoms with Crippen LogP contribution in [0.1, 0.15) is 59.5 Å². The summed E-state index contributed by atoms with van der Waals surface area (Å²) in [5.74, 6) is 0.239. The SMILES string of the molecule is CC(C)c1nc(C(C)Nc2ccnc(C(=O)NCc3ccccc3)c2)cs1. The van der Waals surface area contributed by atoms with Crippen molar-refractivity contribution in [3.8, 4) is 0 Å². The Hall–Kier alpha value is -2.73. The standard InChI is InChI=1S/C21H24N4OS/c1-14(2)21-25-19(13-27-21)15(3)24-17-9-10-22-18(11-17)20(26)23-12-16-7-5-4-6-8-16/h4-11,13-15H,12H2,1-3H3,(H,22,24)(H,23,26). The molecule has 0 saturated carbocycles. The van der Waals surface area contributed by atoms with Gasteiger partial charge in [0.05, 0.1) is 16.7 Å². The predicted octanol–water partition coefficient (Wildman–Crippen LogP) is 4.76. The highest BCUT2D eigenvalue weighted by Crippen LogP contribution is 2.25. The molecule has 6 heteroatoms. The molecule has 0 radical (unpaired) electrons. The number of carbonyl (C=O) groups is 1. The minimum absolute atomic E-state index is 0.0522. The fourth-order valence-corrected chi connectivity index (χ4v) is 3.53. The van der Waals surface area contributed by atoms with E-state index in [0.717, 1.165) is 22.0 Å². The topological polar surface area (TPSA) is 66.9 Å². The lowest BCUT2D eigenvalue weighted by molar-refractivity contribution is 0.0946. The van der Waals surface area contributed by atoms with E-state index >= 15 is 0 Å². The van der Waals surface area contributed by atoms with Crippen molar-refractivity contribution in [1.82, 2.24) is 15.3 Å². The Morgan fingerprint density at radius 1 is 1.15 bits per heavy atom. The molecule has 5 nitrogen and oxygen atoms in total. The van der Waals surface area contributed by atoms with Gasteiger partial charge in [0.25, 0.3) is 5.91 Å². The van der Waals surface area contributed by atoms with Gasteiger partial charge in [0, 0.05) is 29.7 Å². The number of rotatable bonds is 7. The van der Waals surface area contributed by atoms with Crippen molar-refractivity contribution in [1.29, 1.82) is 0 Å². The van der Waals surface area contributed by atoms with Gasteiger partial charge in [-0.15, -0.1) is 11.3 Å². The summed E-state index contributed by atoms with van der Waals surface area (Å²) in [7, 11) is 0. The number of hydrogen-bond donors (Lipinski definition) is 2. The minimum atomic E-state index is -0.189. The summed E-state index contributed by atoms with van der Waals surface area (Å²) in [5.41, 5.74) is 3.31. The zero-order valence-corrected chi connectivity index (χ0v) is 16.6. The van der Waals surface area contributed by atoms with Gasteiger partial charge in [0.1, 0.15) is 5.69 Å². The fraction of sp³-hybridized carbons (Fsp3) is 0.286. The molecular formula is C21H24N4OS. The summed E-state index contributed by atoms with van der Waals surface area (Å²) in [5, 5.41) is 9.53. The van der Waals surface area contributed by atoms with Crippen molar-refractivity contribution in [3.63, 3.8) is 0 Å². The molecule has 2 aromatic heterocycles. The molecular weight excluding hydrogens is 356 g/mol. The molecule has 0 saturated heterocycles. The summed E-state index contributed by atoms with van der Waals surface area (Å²) in [6.45, 7) is 6.83. The molecule has 3 aromatic rings. The zero-order chi connectivity index (χ0) is 19.2. The molecule has 3 rings (SSSR count). The second-order valence-corrected chi connectivity index (χ2v) is 7.62. The van der Waals surface area contributed by atoms with Crippen LogP contribution in [0.15, 0.2) is 54.0 Å². The molecule has 1 aromatic carbocycles. The first kappa shape index (κ1) is 19.0. The van der Waals surface area contributed by atoms with Crippen LogP contribution in [-0.2, 0) is 6.54 Å². The third kappa shape index (κ3) is 5.14. The molecule has 1 unspecified atom stereocenters. The number of pyridine rings is 1. The van der Waals surface area contributed by atoms with Crippen LogP contribution < -0.4 is 10.6 Å². The van der Waals surface area contributed by atoms with Gasteiger partial charge in [-0.1, -0.05) is 44.2 Å². The van der Waals surface area contributed by atoms with Crippen LogP contribution in [0, 0.1) is 0 Å². The normalized spacial score (nSPS) is 12.0. The van der Waals surface area contributed by atoms with Gasteiger partial charge in [-0.2, -0.15) is 0 Å². The number of thiazole rings is 1. The van der Waals surface area contributed by atoms with E-state index in [2.05, 4.69) is 46.8 Å². The van der Waals surface area contributed by atoms with Gasteiger partial charge in [0.15, 0.2) is 0 Å². The van der Waals surface area contributed by atoms with Crippen LogP contribution in [-0.4, -0.2) is 15.9 Å². The second kappa shape index (κ2) is 8.77. The van der Waals surface area contributed by atoms with Crippen molar-refractivity contribution in [2.24, 2.45) is 0 Å². The van der Waals surface area contributed by atoms with Crippen LogP contribution in [0.3, 0.4) is 0 Å². The van der Waals surface area contributed by atoms with E-state index in [1.165, 1.54) is 0 Å². The van der Waals surface area contributed by atoms with Crippen molar-refractivity contribution < 1.29 is 4.79 Å². The number of anilines is 1. The maximum Gasteiger partial charge on any atom is 0.270 e. The fourth-order valence-electron chi connectivity index (χ4n) is 2.60. The zero-order valence-electron chi connectivity index (χ0n) is 15.8. The van der Waals surface area contributed by atoms with E-state index in [9.17, 15) is 4.79 Å². The average Bonchev–Trinajstić information content (AvgIpc) is 3.18. The lowest BCUT2D eigenvalue weighted by Crippen LogP contribution is -2.23. The molecule has 1 amide bonds. The van der Waals surface area contributed by atoms with Gasteiger partial charge in [-0.05, 0) is 24.6 Å². The number of aromatic nitrogens is 2. The molecule has 0 aliphatic carbocycles. The van der Waals surface area contributed by atoms with E-state index in [0.29, 0.717) is 18.2 Å². The molecule has 1 atom stereocenters. The Morgan fingerprint density at radius 2 is 1.93 bits per heavy atom. The predicted molar refractivity (Wildman–Crippen MR) is 110 cm³/mol. The van der Waals surface area contributed by atoms with Crippen LogP contribution in [0.4, 0.5) is 5.69 Å². The van der Waals surface area contributed by atoms with Gasteiger partial charge in [0.2, 0.25) is 0 Å². The number of nitrogens with one attached hydrogen (secondary N) is 2. The van der Waals surface area contributed by atoms with Gasteiger partial charge in [-0.25, -0.2) is 4.98 Å². The summed E-state index contributed by atoms with van der Waals surface area (Å²) in [6.07, 6.45) is 1.65. The van der Waals surface area contributed by atoms with Crippen LogP contribution in [0.5, 0.6) is 0 Å². The summed E-state index contributed by atoms with van der Waals surface area (Å²) in [4.78, 5) is 21.3. The lowest BCUT2D eigenvalue weighted by Gasteiger charge is -2.14. The van der Waals surface area contributed by atoms with Crippen LogP contribution >= 0.6 is 11.3 Å². The highest BCUT2D eigenvalue weighted by atomic mass is 32.1. The molecule has 2 N–H and O–H groups in total. The number of carbonyl (C=O) groups excluding carboxylic acids is 1. The highest BCUT2D eigenvalue weighted by molar-refractivity contribution is 7.09. The largest absolute Gasteiger partial charge is 0.377 e. The Labute approximate surface area is 163 Å². The minimum Gasteiger partial charge on any atom is -0.377 e. The first-order valence-corrected chi connectivity index (χ1v) is 9.91. The monoisotopic (exact) mass is 380 g/mol. The molecule has 0 bridgehead atoms. The molecule has 27 heavy (non-hydrogen) atoms. The van der Waals surface area contributed by atoms with Crippen LogP contribution in [0.25, 0.3) is 0 Å². The molecule has 2 heterocycles. The molecule has 0 aliphatic heterocycles. The molecule has 140 valence electrons. The number of hydrogen-bond acceptors (Lipinski definition) is 5. The second-order valence-electron chi connectivity index (χ2n) is 6.73. The van der Waals surface area contributed by atoms with Crippen LogP contribution in [0.2, 0.25) is 0 Å². The third-order valence-corrected chi connectivity index (χ3v) is 5.31. The highest BCUT2D eigenvalue weighted by Gasteiger charge is 2.13. The number of benzene rings is 1. The quantitative estimate of drug-likeness (QED) is 0.620.